The van der Waals surface area contributed by atoms with Crippen LogP contribution in [-0.4, -0.2) is 33.6 Å². The summed E-state index contributed by atoms with van der Waals surface area (Å²) in [5.41, 5.74) is 2.14. The number of benzene rings is 2. The van der Waals surface area contributed by atoms with E-state index in [-0.39, 0.29) is 17.2 Å². The second-order valence-electron chi connectivity index (χ2n) is 6.72. The standard InChI is InChI=1S/C22H16F2N4O3/c23-15-5-8-17(18(24)10-15)21(27-30)13-3-6-16(7-4-13)26-22(29)20-11-19(28-31-20)14-2-1-9-25-12-14/h1-10,12,20,30H,11H2,(H,26,29)/b27-21-. The first-order chi connectivity index (χ1) is 15.0. The van der Waals surface area contributed by atoms with Gasteiger partial charge in [0.05, 0.1) is 5.71 Å². The fourth-order valence-electron chi connectivity index (χ4n) is 3.10. The molecule has 31 heavy (non-hydrogen) atoms. The van der Waals surface area contributed by atoms with E-state index in [2.05, 4.69) is 20.6 Å². The van der Waals surface area contributed by atoms with Crippen LogP contribution in [0.2, 0.25) is 0 Å². The van der Waals surface area contributed by atoms with Gasteiger partial charge in [-0.25, -0.2) is 8.78 Å². The van der Waals surface area contributed by atoms with Gasteiger partial charge in [0.15, 0.2) is 0 Å². The maximum absolute atomic E-state index is 14.0. The van der Waals surface area contributed by atoms with Gasteiger partial charge < -0.3 is 15.4 Å². The molecular formula is C22H16F2N4O3. The number of pyridine rings is 1. The number of halogens is 2. The number of carbonyl (C=O) groups excluding carboxylic acids is 1. The van der Waals surface area contributed by atoms with Crippen molar-refractivity contribution in [2.24, 2.45) is 10.3 Å². The highest BCUT2D eigenvalue weighted by Gasteiger charge is 2.29. The fraction of sp³-hybridized carbons (Fsp3) is 0.0909. The predicted molar refractivity (Wildman–Crippen MR) is 109 cm³/mol. The topological polar surface area (TPSA) is 96.2 Å². The van der Waals surface area contributed by atoms with Crippen molar-refractivity contribution < 1.29 is 23.6 Å². The van der Waals surface area contributed by atoms with E-state index in [0.717, 1.165) is 11.6 Å². The second kappa shape index (κ2) is 8.70. The van der Waals surface area contributed by atoms with Gasteiger partial charge in [-0.15, -0.1) is 0 Å². The Morgan fingerprint density at radius 3 is 2.65 bits per heavy atom. The van der Waals surface area contributed by atoms with Gasteiger partial charge in [-0.3, -0.25) is 9.78 Å². The quantitative estimate of drug-likeness (QED) is 0.372. The minimum atomic E-state index is -0.854. The monoisotopic (exact) mass is 422 g/mol. The summed E-state index contributed by atoms with van der Waals surface area (Å²) in [4.78, 5) is 21.7. The van der Waals surface area contributed by atoms with Gasteiger partial charge in [0, 0.05) is 47.3 Å². The normalized spacial score (nSPS) is 15.9. The summed E-state index contributed by atoms with van der Waals surface area (Å²) in [6, 6.07) is 12.8. The number of carbonyl (C=O) groups is 1. The number of hydrogen-bond acceptors (Lipinski definition) is 6. The molecule has 1 amide bonds. The van der Waals surface area contributed by atoms with Gasteiger partial charge in [-0.05, 0) is 36.4 Å². The highest BCUT2D eigenvalue weighted by molar-refractivity contribution is 6.13. The van der Waals surface area contributed by atoms with Gasteiger partial charge in [-0.2, -0.15) is 0 Å². The molecule has 0 radical (unpaired) electrons. The van der Waals surface area contributed by atoms with E-state index in [0.29, 0.717) is 29.4 Å². The Morgan fingerprint density at radius 2 is 1.97 bits per heavy atom. The van der Waals surface area contributed by atoms with E-state index in [1.165, 1.54) is 6.07 Å². The van der Waals surface area contributed by atoms with Crippen LogP contribution in [-0.2, 0) is 9.63 Å². The molecule has 7 nitrogen and oxygen atoms in total. The highest BCUT2D eigenvalue weighted by atomic mass is 19.1. The summed E-state index contributed by atoms with van der Waals surface area (Å²) < 4.78 is 27.2. The molecule has 9 heteroatoms. The van der Waals surface area contributed by atoms with Crippen molar-refractivity contribution in [2.75, 3.05) is 5.32 Å². The van der Waals surface area contributed by atoms with E-state index in [9.17, 15) is 18.8 Å². The van der Waals surface area contributed by atoms with E-state index in [1.54, 1.807) is 42.7 Å². The zero-order valence-electron chi connectivity index (χ0n) is 16.0. The lowest BCUT2D eigenvalue weighted by molar-refractivity contribution is -0.125. The molecule has 2 heterocycles. The number of nitrogens with one attached hydrogen (secondary N) is 1. The molecule has 1 aliphatic rings. The third kappa shape index (κ3) is 4.40. The number of amides is 1. The first kappa shape index (κ1) is 20.1. The minimum Gasteiger partial charge on any atom is -0.410 e. The first-order valence-corrected chi connectivity index (χ1v) is 9.27. The number of hydrogen-bond donors (Lipinski definition) is 2. The Labute approximate surface area is 175 Å². The van der Waals surface area contributed by atoms with Crippen molar-refractivity contribution in [1.82, 2.24) is 4.98 Å². The van der Waals surface area contributed by atoms with Crippen molar-refractivity contribution in [2.45, 2.75) is 12.5 Å². The summed E-state index contributed by atoms with van der Waals surface area (Å²) >= 11 is 0. The Hall–Kier alpha value is -4.14. The smallest absolute Gasteiger partial charge is 0.268 e. The minimum absolute atomic E-state index is 0.0554. The highest BCUT2D eigenvalue weighted by Crippen LogP contribution is 2.20. The third-order valence-corrected chi connectivity index (χ3v) is 4.67. The van der Waals surface area contributed by atoms with Gasteiger partial charge in [-0.1, -0.05) is 22.4 Å². The summed E-state index contributed by atoms with van der Waals surface area (Å²) in [6.45, 7) is 0. The van der Waals surface area contributed by atoms with Crippen LogP contribution in [0.3, 0.4) is 0 Å². The van der Waals surface area contributed by atoms with Crippen molar-refractivity contribution in [3.8, 4) is 0 Å². The van der Waals surface area contributed by atoms with Crippen LogP contribution >= 0.6 is 0 Å². The second-order valence-corrected chi connectivity index (χ2v) is 6.72. The SMILES string of the molecule is O=C(Nc1ccc(/C(=N/O)c2ccc(F)cc2F)cc1)C1CC(c2cccnc2)=NO1. The van der Waals surface area contributed by atoms with Crippen molar-refractivity contribution in [3.05, 3.63) is 95.3 Å². The number of nitrogens with zero attached hydrogens (tertiary/aromatic N) is 3. The molecular weight excluding hydrogens is 406 g/mol. The lowest BCUT2D eigenvalue weighted by Crippen LogP contribution is -2.28. The van der Waals surface area contributed by atoms with E-state index < -0.39 is 17.7 Å². The molecule has 1 unspecified atom stereocenters. The van der Waals surface area contributed by atoms with Crippen LogP contribution in [0.5, 0.6) is 0 Å². The molecule has 2 N–H and O–H groups in total. The van der Waals surface area contributed by atoms with E-state index in [1.807, 2.05) is 6.07 Å². The summed E-state index contributed by atoms with van der Waals surface area (Å²) in [6.07, 6.45) is 2.81. The van der Waals surface area contributed by atoms with Crippen LogP contribution < -0.4 is 5.32 Å². The molecule has 0 fully saturated rings. The molecule has 4 rings (SSSR count). The average Bonchev–Trinajstić information content (AvgIpc) is 3.28. The van der Waals surface area contributed by atoms with Crippen LogP contribution in [0.4, 0.5) is 14.5 Å². The molecule has 156 valence electrons. The number of aromatic nitrogens is 1. The van der Waals surface area contributed by atoms with Crippen molar-refractivity contribution in [3.63, 3.8) is 0 Å². The summed E-state index contributed by atoms with van der Waals surface area (Å²) in [5.74, 6) is -1.97. The maximum Gasteiger partial charge on any atom is 0.268 e. The van der Waals surface area contributed by atoms with Crippen molar-refractivity contribution in [1.29, 1.82) is 0 Å². The molecule has 2 aromatic carbocycles. The molecule has 0 aliphatic carbocycles. The average molecular weight is 422 g/mol. The van der Waals surface area contributed by atoms with Crippen LogP contribution in [0, 0.1) is 11.6 Å². The zero-order chi connectivity index (χ0) is 21.8. The summed E-state index contributed by atoms with van der Waals surface area (Å²) in [7, 11) is 0. The first-order valence-electron chi connectivity index (χ1n) is 9.27. The van der Waals surface area contributed by atoms with Gasteiger partial charge in [0.25, 0.3) is 5.91 Å². The molecule has 3 aromatic rings. The molecule has 1 atom stereocenters. The Bertz CT molecular complexity index is 1170. The van der Waals surface area contributed by atoms with Crippen LogP contribution in [0.15, 0.2) is 77.3 Å². The van der Waals surface area contributed by atoms with Crippen LogP contribution in [0.25, 0.3) is 0 Å². The van der Waals surface area contributed by atoms with Crippen LogP contribution in [0.1, 0.15) is 23.1 Å². The molecule has 1 aliphatic heterocycles. The zero-order valence-corrected chi connectivity index (χ0v) is 16.0. The molecule has 0 saturated carbocycles. The van der Waals surface area contributed by atoms with E-state index >= 15 is 0 Å². The number of anilines is 1. The van der Waals surface area contributed by atoms with E-state index in [4.69, 9.17) is 4.84 Å². The lowest BCUT2D eigenvalue weighted by Gasteiger charge is -2.11. The third-order valence-electron chi connectivity index (χ3n) is 4.67. The molecule has 0 spiro atoms. The maximum atomic E-state index is 14.0. The Kier molecular flexibility index (Phi) is 5.65. The Morgan fingerprint density at radius 1 is 1.16 bits per heavy atom. The fourth-order valence-corrected chi connectivity index (χ4v) is 3.10. The summed E-state index contributed by atoms with van der Waals surface area (Å²) in [5, 5.41) is 19.1. The number of oxime groups is 2. The molecule has 0 saturated heterocycles. The number of rotatable bonds is 5. The van der Waals surface area contributed by atoms with Gasteiger partial charge in [0.2, 0.25) is 6.10 Å². The predicted octanol–water partition coefficient (Wildman–Crippen LogP) is 3.72. The largest absolute Gasteiger partial charge is 0.410 e. The van der Waals surface area contributed by atoms with Gasteiger partial charge >= 0.3 is 0 Å². The molecule has 0 bridgehead atoms. The van der Waals surface area contributed by atoms with Gasteiger partial charge in [0.1, 0.15) is 17.3 Å². The molecule has 1 aromatic heterocycles. The van der Waals surface area contributed by atoms with Crippen molar-refractivity contribution >= 4 is 23.0 Å². The lowest BCUT2D eigenvalue weighted by atomic mass is 10.0. The Balaban J connectivity index is 1.42.